The van der Waals surface area contributed by atoms with E-state index in [1.807, 2.05) is 37.3 Å². The lowest BCUT2D eigenvalue weighted by Gasteiger charge is -2.29. The molecule has 2 heterocycles. The average molecular weight is 401 g/mol. The number of hydroxylamine groups is 1. The fourth-order valence-electron chi connectivity index (χ4n) is 3.77. The third kappa shape index (κ3) is 4.65. The van der Waals surface area contributed by atoms with E-state index >= 15 is 0 Å². The molecule has 0 unspecified atom stereocenters. The Balaban J connectivity index is 1.80. The molecule has 2 aromatic rings. The first-order valence-corrected chi connectivity index (χ1v) is 10.0. The number of likely N-dealkylation sites (tertiary alicyclic amines) is 1. The van der Waals surface area contributed by atoms with Crippen LogP contribution >= 0.6 is 0 Å². The van der Waals surface area contributed by atoms with E-state index in [0.717, 1.165) is 18.4 Å². The van der Waals surface area contributed by atoms with Crippen LogP contribution in [0.1, 0.15) is 51.0 Å². The Morgan fingerprint density at radius 1 is 1.34 bits per heavy atom. The Morgan fingerprint density at radius 2 is 2.10 bits per heavy atom. The number of nitrogens with one attached hydrogen (secondary N) is 1. The number of unbranched alkanes of at least 4 members (excludes halogenated alkanes) is 1. The maximum absolute atomic E-state index is 13.2. The minimum atomic E-state index is -1.61. The van der Waals surface area contributed by atoms with Gasteiger partial charge in [-0.3, -0.25) is 14.8 Å². The Bertz CT molecular complexity index is 823. The van der Waals surface area contributed by atoms with Crippen molar-refractivity contribution in [2.24, 2.45) is 5.92 Å². The predicted molar refractivity (Wildman–Crippen MR) is 105 cm³/mol. The Labute approximate surface area is 169 Å². The maximum Gasteiger partial charge on any atom is 0.272 e. The van der Waals surface area contributed by atoms with Gasteiger partial charge in [0.2, 0.25) is 11.8 Å². The molecule has 1 fully saturated rings. The van der Waals surface area contributed by atoms with Crippen molar-refractivity contribution in [3.05, 3.63) is 42.4 Å². The Kier molecular flexibility index (Phi) is 7.00. The van der Waals surface area contributed by atoms with Gasteiger partial charge in [0.1, 0.15) is 12.1 Å². The summed E-state index contributed by atoms with van der Waals surface area (Å²) in [7, 11) is 0. The summed E-state index contributed by atoms with van der Waals surface area (Å²) in [6.45, 7) is 2.47. The van der Waals surface area contributed by atoms with E-state index in [1.54, 1.807) is 11.1 Å². The van der Waals surface area contributed by atoms with E-state index in [4.69, 9.17) is 9.62 Å². The lowest BCUT2D eigenvalue weighted by atomic mass is 9.93. The molecule has 0 radical (unpaired) electrons. The van der Waals surface area contributed by atoms with Crippen LogP contribution in [-0.2, 0) is 9.59 Å². The van der Waals surface area contributed by atoms with E-state index in [1.165, 1.54) is 5.48 Å². The Morgan fingerprint density at radius 3 is 2.79 bits per heavy atom. The fourth-order valence-corrected chi connectivity index (χ4v) is 3.77. The van der Waals surface area contributed by atoms with Crippen molar-refractivity contribution in [3.8, 4) is 11.3 Å². The van der Waals surface area contributed by atoms with Crippen LogP contribution in [0, 0.1) is 5.92 Å². The molecule has 8 heteroatoms. The highest BCUT2D eigenvalue weighted by atomic mass is 16.5. The molecular formula is C21H27N3O5. The summed E-state index contributed by atoms with van der Waals surface area (Å²) in [6, 6.07) is 9.25. The number of carbonyl (C=O) groups excluding carboxylic acids is 2. The molecular weight excluding hydrogens is 374 g/mol. The molecule has 1 aliphatic rings. The van der Waals surface area contributed by atoms with E-state index in [-0.39, 0.29) is 11.9 Å². The third-order valence-corrected chi connectivity index (χ3v) is 5.35. The summed E-state index contributed by atoms with van der Waals surface area (Å²) in [5.41, 5.74) is 2.34. The lowest BCUT2D eigenvalue weighted by Crippen LogP contribution is -2.46. The second kappa shape index (κ2) is 9.67. The van der Waals surface area contributed by atoms with Crippen LogP contribution in [-0.4, -0.2) is 44.7 Å². The molecule has 156 valence electrons. The molecule has 3 atom stereocenters. The molecule has 0 spiro atoms. The predicted octanol–water partition coefficient (Wildman–Crippen LogP) is 2.68. The number of nitrogens with zero attached hydrogens (tertiary/aromatic N) is 2. The molecule has 0 bridgehead atoms. The van der Waals surface area contributed by atoms with Gasteiger partial charge in [-0.25, -0.2) is 10.5 Å². The van der Waals surface area contributed by atoms with Gasteiger partial charge < -0.3 is 14.4 Å². The van der Waals surface area contributed by atoms with Crippen molar-refractivity contribution in [3.63, 3.8) is 0 Å². The van der Waals surface area contributed by atoms with Crippen LogP contribution < -0.4 is 5.48 Å². The van der Waals surface area contributed by atoms with Gasteiger partial charge in [-0.15, -0.1) is 0 Å². The number of oxazole rings is 1. The highest BCUT2D eigenvalue weighted by molar-refractivity contribution is 5.89. The summed E-state index contributed by atoms with van der Waals surface area (Å²) in [4.78, 5) is 31.0. The smallest absolute Gasteiger partial charge is 0.272 e. The second-order valence-electron chi connectivity index (χ2n) is 7.29. The molecule has 1 saturated heterocycles. The largest absolute Gasteiger partial charge is 0.438 e. The molecule has 2 amide bonds. The van der Waals surface area contributed by atoms with Crippen LogP contribution in [0.25, 0.3) is 11.3 Å². The molecule has 0 saturated carbocycles. The minimum Gasteiger partial charge on any atom is -0.438 e. The van der Waals surface area contributed by atoms with Crippen molar-refractivity contribution >= 4 is 11.8 Å². The quantitative estimate of drug-likeness (QED) is 0.463. The van der Waals surface area contributed by atoms with E-state index in [9.17, 15) is 14.7 Å². The zero-order valence-corrected chi connectivity index (χ0v) is 16.5. The molecule has 1 aliphatic heterocycles. The van der Waals surface area contributed by atoms with Crippen LogP contribution in [0.15, 0.2) is 40.9 Å². The van der Waals surface area contributed by atoms with Gasteiger partial charge in [0.05, 0.1) is 12.1 Å². The topological polar surface area (TPSA) is 116 Å². The molecule has 1 aromatic heterocycles. The van der Waals surface area contributed by atoms with E-state index < -0.39 is 17.9 Å². The van der Waals surface area contributed by atoms with Crippen LogP contribution in [0.2, 0.25) is 0 Å². The SMILES string of the molecule is CCCC[C@@H](C(=O)N1CCC[C@H]1c1ncc(-c2ccccc2)o1)[C@H](O)C(=O)NO. The lowest BCUT2D eigenvalue weighted by molar-refractivity contribution is -0.151. The summed E-state index contributed by atoms with van der Waals surface area (Å²) >= 11 is 0. The molecule has 3 rings (SSSR count). The van der Waals surface area contributed by atoms with Crippen molar-refractivity contribution in [2.45, 2.75) is 51.2 Å². The van der Waals surface area contributed by atoms with Crippen molar-refractivity contribution in [1.29, 1.82) is 0 Å². The monoisotopic (exact) mass is 401 g/mol. The summed E-state index contributed by atoms with van der Waals surface area (Å²) in [5, 5.41) is 19.1. The van der Waals surface area contributed by atoms with Crippen LogP contribution in [0.4, 0.5) is 0 Å². The summed E-state index contributed by atoms with van der Waals surface area (Å²) in [6.07, 6.45) is 3.38. The van der Waals surface area contributed by atoms with Crippen LogP contribution in [0.5, 0.6) is 0 Å². The van der Waals surface area contributed by atoms with E-state index in [0.29, 0.717) is 37.5 Å². The van der Waals surface area contributed by atoms with Crippen molar-refractivity contribution < 1.29 is 24.3 Å². The van der Waals surface area contributed by atoms with Gasteiger partial charge >= 0.3 is 0 Å². The number of aromatic nitrogens is 1. The number of benzene rings is 1. The van der Waals surface area contributed by atoms with Gasteiger partial charge in [-0.2, -0.15) is 0 Å². The number of rotatable bonds is 8. The first-order valence-electron chi connectivity index (χ1n) is 10.0. The number of amides is 2. The minimum absolute atomic E-state index is 0.323. The summed E-state index contributed by atoms with van der Waals surface area (Å²) in [5.74, 6) is -1.15. The molecule has 0 aliphatic carbocycles. The number of aliphatic hydroxyl groups is 1. The highest BCUT2D eigenvalue weighted by Gasteiger charge is 2.40. The molecule has 1 aromatic carbocycles. The number of carbonyl (C=O) groups is 2. The highest BCUT2D eigenvalue weighted by Crippen LogP contribution is 2.35. The zero-order chi connectivity index (χ0) is 20.8. The number of hydrogen-bond donors (Lipinski definition) is 3. The normalized spacial score (nSPS) is 18.4. The number of hydrogen-bond acceptors (Lipinski definition) is 6. The second-order valence-corrected chi connectivity index (χ2v) is 7.29. The summed E-state index contributed by atoms with van der Waals surface area (Å²) < 4.78 is 5.94. The Hall–Kier alpha value is -2.71. The first-order chi connectivity index (χ1) is 14.1. The van der Waals surface area contributed by atoms with Crippen molar-refractivity contribution in [1.82, 2.24) is 15.4 Å². The third-order valence-electron chi connectivity index (χ3n) is 5.35. The van der Waals surface area contributed by atoms with Gasteiger partial charge in [-0.1, -0.05) is 50.1 Å². The van der Waals surface area contributed by atoms with Gasteiger partial charge in [0, 0.05) is 12.1 Å². The van der Waals surface area contributed by atoms with E-state index in [2.05, 4.69) is 4.98 Å². The zero-order valence-electron chi connectivity index (χ0n) is 16.5. The first kappa shape index (κ1) is 21.0. The maximum atomic E-state index is 13.2. The van der Waals surface area contributed by atoms with Crippen LogP contribution in [0.3, 0.4) is 0 Å². The average Bonchev–Trinajstić information content (AvgIpc) is 3.43. The van der Waals surface area contributed by atoms with Crippen molar-refractivity contribution in [2.75, 3.05) is 6.54 Å². The van der Waals surface area contributed by atoms with Gasteiger partial charge in [-0.05, 0) is 19.3 Å². The molecule has 3 N–H and O–H groups in total. The van der Waals surface area contributed by atoms with Gasteiger partial charge in [0.25, 0.3) is 5.91 Å². The molecule has 8 nitrogen and oxygen atoms in total. The fraction of sp³-hybridized carbons (Fsp3) is 0.476. The number of aliphatic hydroxyl groups excluding tert-OH is 1. The molecule has 29 heavy (non-hydrogen) atoms. The standard InChI is InChI=1S/C21H27N3O5/c1-2-3-10-15(18(25)19(26)23-28)21(27)24-12-7-11-16(24)20-22-13-17(29-20)14-8-5-4-6-9-14/h4-6,8-9,13,15-16,18,25,28H,2-3,7,10-12H2,1H3,(H,23,26)/t15-,16+,18+/m1/s1. The van der Waals surface area contributed by atoms with Gasteiger partial charge in [0.15, 0.2) is 5.76 Å².